The lowest BCUT2D eigenvalue weighted by atomic mass is 9.92. The summed E-state index contributed by atoms with van der Waals surface area (Å²) in [6.07, 6.45) is 5.45. The molecular formula is C28H25FN8O4S. The first kappa shape index (κ1) is 27.3. The van der Waals surface area contributed by atoms with Crippen molar-refractivity contribution in [1.82, 2.24) is 33.7 Å². The third kappa shape index (κ3) is 4.93. The number of aromatic carboxylic acids is 1. The van der Waals surface area contributed by atoms with Gasteiger partial charge in [-0.1, -0.05) is 6.92 Å². The van der Waals surface area contributed by atoms with Gasteiger partial charge in [-0.2, -0.15) is 14.5 Å². The number of pyridine rings is 3. The van der Waals surface area contributed by atoms with E-state index in [1.807, 2.05) is 17.7 Å². The number of carboxylic acid groups (broad SMARTS) is 1. The number of Topliss-reactive ketones (excluding diaryl/α,β-unsaturated/α-hetero) is 1. The fourth-order valence-corrected chi connectivity index (χ4v) is 5.61. The van der Waals surface area contributed by atoms with Gasteiger partial charge >= 0.3 is 5.97 Å². The molecule has 0 atom stereocenters. The zero-order chi connectivity index (χ0) is 29.5. The summed E-state index contributed by atoms with van der Waals surface area (Å²) >= 11 is 0.967. The molecule has 0 unspecified atom stereocenters. The van der Waals surface area contributed by atoms with Crippen LogP contribution in [0.3, 0.4) is 0 Å². The van der Waals surface area contributed by atoms with Crippen molar-refractivity contribution in [3.8, 4) is 16.5 Å². The Balaban J connectivity index is 1.31. The molecule has 1 aliphatic heterocycles. The second-order valence-corrected chi connectivity index (χ2v) is 10.8. The highest BCUT2D eigenvalue weighted by Gasteiger charge is 2.35. The number of rotatable bonds is 9. The predicted molar refractivity (Wildman–Crippen MR) is 153 cm³/mol. The first-order chi connectivity index (χ1) is 20.2. The number of aryl methyl sites for hydroxylation is 2. The van der Waals surface area contributed by atoms with Crippen LogP contribution >= 0.6 is 11.5 Å². The number of aromatic nitrogens is 7. The maximum absolute atomic E-state index is 15.3. The Labute approximate surface area is 242 Å². The van der Waals surface area contributed by atoms with Crippen molar-refractivity contribution in [3.05, 3.63) is 75.8 Å². The van der Waals surface area contributed by atoms with Crippen molar-refractivity contribution in [2.45, 2.75) is 33.2 Å². The molecule has 1 saturated heterocycles. The highest BCUT2D eigenvalue weighted by Crippen LogP contribution is 2.30. The quantitative estimate of drug-likeness (QED) is 0.272. The zero-order valence-electron chi connectivity index (χ0n) is 22.7. The molecule has 5 aromatic heterocycles. The number of anilines is 1. The molecular weight excluding hydrogens is 563 g/mol. The second-order valence-electron chi connectivity index (χ2n) is 10.1. The van der Waals surface area contributed by atoms with Crippen molar-refractivity contribution in [3.63, 3.8) is 0 Å². The Kier molecular flexibility index (Phi) is 7.06. The standard InChI is InChI=1S/C28H25FN8O4S/c1-3-7-37-15(2)8-18(33-37)9-22(38)17-12-35(13-17)26-21(29)10-19-23(39)20(27(40)41)14-36(25(19)32-26)28-31-24(34-42-28)16-5-4-6-30-11-16/h4-6,8,10-11,14,17H,3,7,9,12-13H2,1-2H3,(H,40,41). The number of hydrogen-bond acceptors (Lipinski definition) is 10. The molecule has 0 bridgehead atoms. The summed E-state index contributed by atoms with van der Waals surface area (Å²) < 4.78 is 22.9. The number of ketones is 1. The lowest BCUT2D eigenvalue weighted by molar-refractivity contribution is -0.123. The van der Waals surface area contributed by atoms with E-state index in [-0.39, 0.29) is 53.2 Å². The lowest BCUT2D eigenvalue weighted by Gasteiger charge is -2.39. The van der Waals surface area contributed by atoms with Gasteiger partial charge in [-0.15, -0.1) is 0 Å². The number of nitrogens with zero attached hydrogens (tertiary/aromatic N) is 8. The number of carbonyl (C=O) groups excluding carboxylic acids is 1. The molecule has 0 aromatic carbocycles. The number of fused-ring (bicyclic) bond motifs is 1. The monoisotopic (exact) mass is 588 g/mol. The van der Waals surface area contributed by atoms with Crippen LogP contribution in [0.5, 0.6) is 0 Å². The summed E-state index contributed by atoms with van der Waals surface area (Å²) in [4.78, 5) is 52.4. The van der Waals surface area contributed by atoms with Crippen molar-refractivity contribution in [1.29, 1.82) is 0 Å². The van der Waals surface area contributed by atoms with Gasteiger partial charge in [0.1, 0.15) is 11.3 Å². The van der Waals surface area contributed by atoms with Gasteiger partial charge in [0.25, 0.3) is 0 Å². The molecule has 0 amide bonds. The molecule has 0 radical (unpaired) electrons. The van der Waals surface area contributed by atoms with Crippen LogP contribution in [0.15, 0.2) is 47.7 Å². The van der Waals surface area contributed by atoms with Crippen molar-refractivity contribution in [2.24, 2.45) is 5.92 Å². The van der Waals surface area contributed by atoms with E-state index in [4.69, 9.17) is 0 Å². The summed E-state index contributed by atoms with van der Waals surface area (Å²) in [5, 5.41) is 14.2. The lowest BCUT2D eigenvalue weighted by Crippen LogP contribution is -2.51. The van der Waals surface area contributed by atoms with Gasteiger partial charge in [-0.3, -0.25) is 23.8 Å². The Morgan fingerprint density at radius 3 is 2.74 bits per heavy atom. The van der Waals surface area contributed by atoms with Crippen molar-refractivity contribution < 1.29 is 19.1 Å². The van der Waals surface area contributed by atoms with Crippen LogP contribution in [-0.4, -0.2) is 63.6 Å². The van der Waals surface area contributed by atoms with E-state index in [9.17, 15) is 19.5 Å². The maximum Gasteiger partial charge on any atom is 0.341 e. The number of halogens is 1. The molecule has 0 aliphatic carbocycles. The van der Waals surface area contributed by atoms with Crippen LogP contribution in [0.2, 0.25) is 0 Å². The molecule has 1 fully saturated rings. The van der Waals surface area contributed by atoms with Gasteiger partial charge in [0.2, 0.25) is 10.6 Å². The highest BCUT2D eigenvalue weighted by molar-refractivity contribution is 7.08. The number of carboxylic acids is 1. The zero-order valence-corrected chi connectivity index (χ0v) is 23.5. The molecule has 6 rings (SSSR count). The SMILES string of the molecule is CCCn1nc(CC(=O)C2CN(c3nc4c(cc3F)c(=O)c(C(=O)O)cn4-c3nc(-c4cccnc4)ns3)C2)cc1C. The summed E-state index contributed by atoms with van der Waals surface area (Å²) in [7, 11) is 0. The molecule has 6 heterocycles. The van der Waals surface area contributed by atoms with E-state index < -0.39 is 22.8 Å². The molecule has 1 N–H and O–H groups in total. The van der Waals surface area contributed by atoms with E-state index in [1.165, 1.54) is 4.57 Å². The van der Waals surface area contributed by atoms with Gasteiger partial charge in [0, 0.05) is 61.0 Å². The van der Waals surface area contributed by atoms with E-state index in [2.05, 4.69) is 31.3 Å². The minimum atomic E-state index is -1.46. The van der Waals surface area contributed by atoms with Crippen LogP contribution < -0.4 is 10.3 Å². The van der Waals surface area contributed by atoms with Gasteiger partial charge < -0.3 is 10.0 Å². The summed E-state index contributed by atoms with van der Waals surface area (Å²) in [5.41, 5.74) is 0.964. The van der Waals surface area contributed by atoms with Gasteiger partial charge in [-0.05, 0) is 37.6 Å². The molecule has 12 nitrogen and oxygen atoms in total. The average molecular weight is 589 g/mol. The minimum absolute atomic E-state index is 0.00777. The summed E-state index contributed by atoms with van der Waals surface area (Å²) in [6.45, 7) is 5.31. The van der Waals surface area contributed by atoms with Crippen LogP contribution in [-0.2, 0) is 17.8 Å². The topological polar surface area (TPSA) is 149 Å². The third-order valence-electron chi connectivity index (χ3n) is 7.14. The van der Waals surface area contributed by atoms with Crippen molar-refractivity contribution in [2.75, 3.05) is 18.0 Å². The van der Waals surface area contributed by atoms with Crippen LogP contribution in [0.1, 0.15) is 35.1 Å². The Bertz CT molecular complexity index is 1900. The third-order valence-corrected chi connectivity index (χ3v) is 7.86. The van der Waals surface area contributed by atoms with Crippen LogP contribution in [0, 0.1) is 18.7 Å². The number of carbonyl (C=O) groups is 2. The molecule has 14 heteroatoms. The molecule has 42 heavy (non-hydrogen) atoms. The van der Waals surface area contributed by atoms with Crippen molar-refractivity contribution >= 4 is 40.1 Å². The molecule has 0 spiro atoms. The number of hydrogen-bond donors (Lipinski definition) is 1. The molecule has 1 aliphatic rings. The summed E-state index contributed by atoms with van der Waals surface area (Å²) in [6, 6.07) is 6.40. The predicted octanol–water partition coefficient (Wildman–Crippen LogP) is 3.30. The Morgan fingerprint density at radius 2 is 2.02 bits per heavy atom. The minimum Gasteiger partial charge on any atom is -0.477 e. The first-order valence-electron chi connectivity index (χ1n) is 13.3. The van der Waals surface area contributed by atoms with Crippen LogP contribution in [0.25, 0.3) is 27.6 Å². The fraction of sp³-hybridized carbons (Fsp3) is 0.286. The van der Waals surface area contributed by atoms with E-state index >= 15 is 4.39 Å². The summed E-state index contributed by atoms with van der Waals surface area (Å²) in [5.74, 6) is -2.25. The Hall–Kier alpha value is -4.85. The van der Waals surface area contributed by atoms with E-state index in [0.29, 0.717) is 17.1 Å². The average Bonchev–Trinajstić information content (AvgIpc) is 3.56. The molecule has 214 valence electrons. The first-order valence-corrected chi connectivity index (χ1v) is 14.1. The largest absolute Gasteiger partial charge is 0.477 e. The fourth-order valence-electron chi connectivity index (χ4n) is 4.94. The second kappa shape index (κ2) is 10.9. The smallest absolute Gasteiger partial charge is 0.341 e. The molecule has 0 saturated carbocycles. The maximum atomic E-state index is 15.3. The van der Waals surface area contributed by atoms with E-state index in [0.717, 1.165) is 42.5 Å². The van der Waals surface area contributed by atoms with Crippen LogP contribution in [0.4, 0.5) is 10.2 Å². The van der Waals surface area contributed by atoms with Gasteiger partial charge in [0.15, 0.2) is 23.1 Å². The Morgan fingerprint density at radius 1 is 1.21 bits per heavy atom. The van der Waals surface area contributed by atoms with Gasteiger partial charge in [-0.25, -0.2) is 14.2 Å². The normalized spacial score (nSPS) is 13.5. The van der Waals surface area contributed by atoms with E-state index in [1.54, 1.807) is 29.4 Å². The highest BCUT2D eigenvalue weighted by atomic mass is 32.1. The van der Waals surface area contributed by atoms with Gasteiger partial charge in [0.05, 0.1) is 23.4 Å². The molecule has 5 aromatic rings.